The molecule has 4 nitrogen and oxygen atoms in total. The van der Waals surface area contributed by atoms with E-state index in [1.165, 1.54) is 18.2 Å². The molecule has 2 N–H and O–H groups in total. The van der Waals surface area contributed by atoms with Gasteiger partial charge in [-0.2, -0.15) is 39.5 Å². The van der Waals surface area contributed by atoms with Crippen LogP contribution in [-0.2, 0) is 12.4 Å². The van der Waals surface area contributed by atoms with Gasteiger partial charge in [-0.05, 0) is 35.9 Å². The summed E-state index contributed by atoms with van der Waals surface area (Å²) >= 11 is 0. The Bertz CT molecular complexity index is 1230. The number of alkyl halides is 9. The average molecular weight is 542 g/mol. The molecule has 1 aromatic heterocycles. The van der Waals surface area contributed by atoms with Gasteiger partial charge in [-0.15, -0.1) is 0 Å². The Morgan fingerprint density at radius 1 is 0.838 bits per heavy atom. The molecule has 2 aromatic carbocycles. The van der Waals surface area contributed by atoms with E-state index >= 15 is 0 Å². The second kappa shape index (κ2) is 10.5. The van der Waals surface area contributed by atoms with Crippen molar-refractivity contribution >= 4 is 0 Å². The maximum Gasteiger partial charge on any atom is 0.433 e. The molecule has 0 amide bonds. The Hall–Kier alpha value is -3.39. The first-order valence-electron chi connectivity index (χ1n) is 10.2. The van der Waals surface area contributed by atoms with Crippen LogP contribution in [0.25, 0.3) is 0 Å². The predicted octanol–water partition coefficient (Wildman–Crippen LogP) is 6.65. The number of hydrogen-bond donors (Lipinski definition) is 2. The van der Waals surface area contributed by atoms with Gasteiger partial charge in [-0.25, -0.2) is 4.39 Å². The lowest BCUT2D eigenvalue weighted by Crippen LogP contribution is -2.40. The molecule has 14 heteroatoms. The summed E-state index contributed by atoms with van der Waals surface area (Å²) in [5.74, 6) is -1.81. The van der Waals surface area contributed by atoms with Gasteiger partial charge in [0.05, 0.1) is 11.6 Å². The number of halogens is 10. The van der Waals surface area contributed by atoms with E-state index < -0.39 is 59.9 Å². The van der Waals surface area contributed by atoms with Crippen LogP contribution < -0.4 is 10.1 Å². The fourth-order valence-corrected chi connectivity index (χ4v) is 3.21. The first kappa shape index (κ1) is 28.2. The van der Waals surface area contributed by atoms with Gasteiger partial charge in [-0.3, -0.25) is 4.98 Å². The highest BCUT2D eigenvalue weighted by molar-refractivity contribution is 5.40. The monoisotopic (exact) mass is 542 g/mol. The minimum absolute atomic E-state index is 0.0179. The van der Waals surface area contributed by atoms with Crippen LogP contribution in [0.15, 0.2) is 60.8 Å². The number of benzene rings is 2. The molecule has 0 saturated carbocycles. The third-order valence-electron chi connectivity index (χ3n) is 4.98. The Kier molecular flexibility index (Phi) is 8.03. The van der Waals surface area contributed by atoms with Gasteiger partial charge < -0.3 is 15.2 Å². The van der Waals surface area contributed by atoms with E-state index in [2.05, 4.69) is 10.3 Å². The van der Waals surface area contributed by atoms with Gasteiger partial charge in [0.1, 0.15) is 23.0 Å². The number of aliphatic hydroxyl groups is 1. The largest absolute Gasteiger partial charge is 0.457 e. The summed E-state index contributed by atoms with van der Waals surface area (Å²) in [5.41, 5.74) is -3.09. The molecule has 37 heavy (non-hydrogen) atoms. The van der Waals surface area contributed by atoms with Crippen molar-refractivity contribution in [2.75, 3.05) is 6.54 Å². The summed E-state index contributed by atoms with van der Waals surface area (Å²) in [6.45, 7) is -1.15. The summed E-state index contributed by atoms with van der Waals surface area (Å²) in [7, 11) is 0. The lowest BCUT2D eigenvalue weighted by molar-refractivity contribution is -0.202. The molecular formula is C23H16F10N2O2. The third-order valence-corrected chi connectivity index (χ3v) is 4.98. The summed E-state index contributed by atoms with van der Waals surface area (Å²) in [6.07, 6.45) is -16.7. The van der Waals surface area contributed by atoms with Crippen molar-refractivity contribution in [1.29, 1.82) is 0 Å². The second-order valence-electron chi connectivity index (χ2n) is 7.68. The van der Waals surface area contributed by atoms with Crippen LogP contribution in [0.2, 0.25) is 0 Å². The molecule has 1 unspecified atom stereocenters. The quantitative estimate of drug-likeness (QED) is 0.328. The molecule has 3 rings (SSSR count). The number of hydrogen-bond acceptors (Lipinski definition) is 4. The van der Waals surface area contributed by atoms with E-state index in [4.69, 9.17) is 4.74 Å². The number of nitrogens with one attached hydrogen (secondary N) is 1. The van der Waals surface area contributed by atoms with E-state index in [-0.39, 0.29) is 23.1 Å². The number of pyridine rings is 1. The Morgan fingerprint density at radius 3 is 2.11 bits per heavy atom. The van der Waals surface area contributed by atoms with Gasteiger partial charge >= 0.3 is 18.5 Å². The van der Waals surface area contributed by atoms with E-state index in [9.17, 15) is 49.0 Å². The average Bonchev–Trinajstić information content (AvgIpc) is 2.78. The number of rotatable bonds is 7. The maximum atomic E-state index is 14.7. The molecule has 0 fully saturated rings. The van der Waals surface area contributed by atoms with Crippen LogP contribution >= 0.6 is 0 Å². The molecule has 2 atom stereocenters. The van der Waals surface area contributed by atoms with Crippen LogP contribution in [0.1, 0.15) is 28.4 Å². The lowest BCUT2D eigenvalue weighted by atomic mass is 9.96. The molecule has 0 aliphatic carbocycles. The molecular weight excluding hydrogens is 526 g/mol. The van der Waals surface area contributed by atoms with Crippen LogP contribution in [0.4, 0.5) is 43.9 Å². The van der Waals surface area contributed by atoms with E-state index in [1.807, 2.05) is 0 Å². The van der Waals surface area contributed by atoms with E-state index in [1.54, 1.807) is 0 Å². The Morgan fingerprint density at radius 2 is 1.51 bits per heavy atom. The normalized spacial score (nSPS) is 14.4. The molecule has 0 saturated heterocycles. The van der Waals surface area contributed by atoms with Gasteiger partial charge in [0.25, 0.3) is 0 Å². The Labute approximate surface area is 202 Å². The van der Waals surface area contributed by atoms with E-state index in [0.29, 0.717) is 12.1 Å². The first-order chi connectivity index (χ1) is 17.1. The van der Waals surface area contributed by atoms with Crippen molar-refractivity contribution in [2.24, 2.45) is 0 Å². The lowest BCUT2D eigenvalue weighted by Gasteiger charge is -2.24. The standard InChI is InChI=1S/C23H16F10N2O2/c24-17-9-13(21(25,26)27)4-5-16(17)20(35-11-19(36)23(31,32)33)12-2-1-3-14(8-12)37-15-6-7-34-18(10-15)22(28,29)30/h1-10,19-20,35-36H,11H2/t19-,20?/m1/s1. The molecule has 0 radical (unpaired) electrons. The minimum atomic E-state index is -5.04. The molecule has 0 aliphatic rings. The molecule has 0 bridgehead atoms. The predicted molar refractivity (Wildman–Crippen MR) is 109 cm³/mol. The van der Waals surface area contributed by atoms with Crippen molar-refractivity contribution in [2.45, 2.75) is 30.7 Å². The summed E-state index contributed by atoms with van der Waals surface area (Å²) in [5, 5.41) is 11.6. The van der Waals surface area contributed by atoms with Crippen LogP contribution in [0, 0.1) is 5.82 Å². The molecule has 200 valence electrons. The zero-order valence-corrected chi connectivity index (χ0v) is 18.2. The third kappa shape index (κ3) is 7.32. The summed E-state index contributed by atoms with van der Waals surface area (Å²) < 4.78 is 136. The maximum absolute atomic E-state index is 14.7. The molecule has 0 spiro atoms. The highest BCUT2D eigenvalue weighted by Crippen LogP contribution is 2.35. The zero-order valence-electron chi connectivity index (χ0n) is 18.2. The SMILES string of the molecule is O[C@H](CNC(c1cccc(Oc2ccnc(C(F)(F)F)c2)c1)c1ccc(C(F)(F)F)cc1F)C(F)(F)F. The summed E-state index contributed by atoms with van der Waals surface area (Å²) in [6, 6.07) is 6.59. The van der Waals surface area contributed by atoms with Gasteiger partial charge in [-0.1, -0.05) is 18.2 Å². The number of nitrogens with zero attached hydrogens (tertiary/aromatic N) is 1. The van der Waals surface area contributed by atoms with Crippen LogP contribution in [0.3, 0.4) is 0 Å². The van der Waals surface area contributed by atoms with Crippen molar-refractivity contribution < 1.29 is 53.7 Å². The fourth-order valence-electron chi connectivity index (χ4n) is 3.21. The second-order valence-corrected chi connectivity index (χ2v) is 7.68. The number of aromatic nitrogens is 1. The van der Waals surface area contributed by atoms with Crippen LogP contribution in [0.5, 0.6) is 11.5 Å². The topological polar surface area (TPSA) is 54.4 Å². The molecule has 0 aliphatic heterocycles. The fraction of sp³-hybridized carbons (Fsp3) is 0.261. The molecule has 3 aromatic rings. The van der Waals surface area contributed by atoms with Crippen LogP contribution in [-0.4, -0.2) is 28.9 Å². The van der Waals surface area contributed by atoms with Crippen molar-refractivity contribution in [3.8, 4) is 11.5 Å². The highest BCUT2D eigenvalue weighted by atomic mass is 19.4. The molecule has 1 heterocycles. The van der Waals surface area contributed by atoms with Crippen molar-refractivity contribution in [3.63, 3.8) is 0 Å². The smallest absolute Gasteiger partial charge is 0.433 e. The Balaban J connectivity index is 1.97. The van der Waals surface area contributed by atoms with Crippen molar-refractivity contribution in [3.05, 3.63) is 89.0 Å². The first-order valence-corrected chi connectivity index (χ1v) is 10.2. The number of ether oxygens (including phenoxy) is 1. The zero-order chi connectivity index (χ0) is 27.6. The van der Waals surface area contributed by atoms with Gasteiger partial charge in [0.2, 0.25) is 0 Å². The van der Waals surface area contributed by atoms with E-state index in [0.717, 1.165) is 24.4 Å². The van der Waals surface area contributed by atoms with Gasteiger partial charge in [0, 0.05) is 24.4 Å². The number of aliphatic hydroxyl groups excluding tert-OH is 1. The van der Waals surface area contributed by atoms with Crippen molar-refractivity contribution in [1.82, 2.24) is 10.3 Å². The summed E-state index contributed by atoms with van der Waals surface area (Å²) in [4.78, 5) is 3.18. The highest BCUT2D eigenvalue weighted by Gasteiger charge is 2.39. The minimum Gasteiger partial charge on any atom is -0.457 e. The van der Waals surface area contributed by atoms with Gasteiger partial charge in [0.15, 0.2) is 6.10 Å².